The van der Waals surface area contributed by atoms with Crippen molar-refractivity contribution in [2.75, 3.05) is 20.1 Å². The summed E-state index contributed by atoms with van der Waals surface area (Å²) in [5, 5.41) is 11.6. The molecule has 11 nitrogen and oxygen atoms in total. The number of fused-ring (bicyclic) bond motifs is 3. The SMILES string of the molecule is Cc1ccc(-c2ccc(S)cc2)c2c1Sc1ncccc1CN[C@@H](CCCN)C(=O)N[C@@H](CCCCN)C(=O)N(C)[C@@H](Cc1c[nH]c3ccccc13)C(=O)NC2. The van der Waals surface area contributed by atoms with Crippen LogP contribution >= 0.6 is 24.4 Å². The first-order chi connectivity index (χ1) is 27.2. The van der Waals surface area contributed by atoms with Gasteiger partial charge < -0.3 is 37.3 Å². The second kappa shape index (κ2) is 19.5. The highest BCUT2D eigenvalue weighted by Crippen LogP contribution is 2.39. The van der Waals surface area contributed by atoms with Gasteiger partial charge in [0.05, 0.1) is 6.04 Å². The van der Waals surface area contributed by atoms with Crippen molar-refractivity contribution in [3.05, 3.63) is 107 Å². The van der Waals surface area contributed by atoms with E-state index in [2.05, 4.69) is 52.6 Å². The van der Waals surface area contributed by atoms with E-state index in [1.54, 1.807) is 25.0 Å². The number of nitrogens with two attached hydrogens (primary N) is 2. The first-order valence-electron chi connectivity index (χ1n) is 19.2. The van der Waals surface area contributed by atoms with Crippen LogP contribution in [0.1, 0.15) is 54.4 Å². The third-order valence-corrected chi connectivity index (χ3v) is 12.1. The van der Waals surface area contributed by atoms with Crippen molar-refractivity contribution in [2.24, 2.45) is 11.5 Å². The summed E-state index contributed by atoms with van der Waals surface area (Å²) in [5.74, 6) is -0.945. The Hall–Kier alpha value is -4.66. The highest BCUT2D eigenvalue weighted by Gasteiger charge is 2.34. The minimum Gasteiger partial charge on any atom is -0.361 e. The predicted octanol–water partition coefficient (Wildman–Crippen LogP) is 5.49. The molecule has 294 valence electrons. The molecule has 0 saturated heterocycles. The number of unbranched alkanes of at least 4 members (excludes halogenated alkanes) is 1. The molecule has 0 bridgehead atoms. The molecule has 5 aromatic rings. The molecule has 1 aliphatic rings. The molecule has 0 fully saturated rings. The van der Waals surface area contributed by atoms with Gasteiger partial charge in [0.2, 0.25) is 17.7 Å². The lowest BCUT2D eigenvalue weighted by Gasteiger charge is -2.32. The van der Waals surface area contributed by atoms with Crippen molar-refractivity contribution in [1.29, 1.82) is 0 Å². The maximum absolute atomic E-state index is 14.7. The minimum atomic E-state index is -0.896. The Kier molecular flexibility index (Phi) is 14.2. The lowest BCUT2D eigenvalue weighted by Crippen LogP contribution is -2.57. The molecular weight excluding hydrogens is 741 g/mol. The Morgan fingerprint density at radius 3 is 2.43 bits per heavy atom. The standard InChI is InChI=1S/C43H52N8O3S2/c1-27-14-19-32(28-15-17-31(55)18-16-28)34-26-49-41(53)38(23-30-25-47-35-11-4-3-10-33(30)35)51(2)43(54)37(12-5-6-20-44)50-40(52)36(13-7-21-45)48-24-29-9-8-22-46-42(29)56-39(27)34/h3-4,8-11,14-19,22,25,36-38,47-48,55H,5-7,12-13,20-21,23-24,26,44-45H2,1-2H3,(H,49,53)(H,50,52)/t36-,37-,38-/m0/s1. The van der Waals surface area contributed by atoms with E-state index >= 15 is 0 Å². The molecule has 8 N–H and O–H groups in total. The van der Waals surface area contributed by atoms with Gasteiger partial charge in [-0.2, -0.15) is 0 Å². The number of aromatic amines is 1. The highest BCUT2D eigenvalue weighted by molar-refractivity contribution is 7.99. The minimum absolute atomic E-state index is 0.200. The number of thiol groups is 1. The number of hydrogen-bond donors (Lipinski definition) is 7. The van der Waals surface area contributed by atoms with Crippen LogP contribution in [-0.4, -0.2) is 70.9 Å². The molecule has 1 aliphatic heterocycles. The van der Waals surface area contributed by atoms with Crippen molar-refractivity contribution in [1.82, 2.24) is 30.8 Å². The second-order valence-electron chi connectivity index (χ2n) is 14.3. The molecule has 0 unspecified atom stereocenters. The second-order valence-corrected chi connectivity index (χ2v) is 15.8. The van der Waals surface area contributed by atoms with Crippen LogP contribution in [-0.2, 0) is 33.9 Å². The highest BCUT2D eigenvalue weighted by atomic mass is 32.2. The number of nitrogens with zero attached hydrogens (tertiary/aromatic N) is 2. The number of H-pyrrole nitrogens is 1. The number of likely N-dealkylation sites (N-methyl/N-ethyl adjacent to an activating group) is 1. The third kappa shape index (κ3) is 9.82. The van der Waals surface area contributed by atoms with Crippen LogP contribution < -0.4 is 27.4 Å². The molecule has 3 amide bonds. The number of carbonyl (C=O) groups is 3. The summed E-state index contributed by atoms with van der Waals surface area (Å²) in [6.07, 6.45) is 6.71. The smallest absolute Gasteiger partial charge is 0.245 e. The van der Waals surface area contributed by atoms with E-state index in [0.29, 0.717) is 51.7 Å². The van der Waals surface area contributed by atoms with Crippen LogP contribution in [0.15, 0.2) is 100 Å². The molecule has 56 heavy (non-hydrogen) atoms. The van der Waals surface area contributed by atoms with Crippen LogP contribution in [0.5, 0.6) is 0 Å². The van der Waals surface area contributed by atoms with E-state index in [1.165, 1.54) is 4.90 Å². The third-order valence-electron chi connectivity index (χ3n) is 10.4. The van der Waals surface area contributed by atoms with E-state index in [9.17, 15) is 14.4 Å². The molecule has 13 heteroatoms. The summed E-state index contributed by atoms with van der Waals surface area (Å²) < 4.78 is 0. The number of aromatic nitrogens is 2. The largest absolute Gasteiger partial charge is 0.361 e. The Morgan fingerprint density at radius 1 is 0.875 bits per heavy atom. The lowest BCUT2D eigenvalue weighted by molar-refractivity contribution is -0.142. The van der Waals surface area contributed by atoms with Gasteiger partial charge in [-0.3, -0.25) is 14.4 Å². The summed E-state index contributed by atoms with van der Waals surface area (Å²) >= 11 is 6.06. The van der Waals surface area contributed by atoms with E-state index in [1.807, 2.05) is 66.9 Å². The van der Waals surface area contributed by atoms with Crippen molar-refractivity contribution in [3.63, 3.8) is 0 Å². The van der Waals surface area contributed by atoms with Crippen molar-refractivity contribution in [2.45, 2.75) is 91.5 Å². The number of hydrogen-bond acceptors (Lipinski definition) is 9. The van der Waals surface area contributed by atoms with Gasteiger partial charge in [-0.25, -0.2) is 4.98 Å². The molecule has 0 saturated carbocycles. The summed E-state index contributed by atoms with van der Waals surface area (Å²) in [7, 11) is 1.66. The maximum atomic E-state index is 14.7. The molecule has 6 rings (SSSR count). The molecule has 3 atom stereocenters. The Labute approximate surface area is 338 Å². The van der Waals surface area contributed by atoms with Gasteiger partial charge in [0.25, 0.3) is 0 Å². The van der Waals surface area contributed by atoms with Gasteiger partial charge in [-0.15, -0.1) is 12.6 Å². The fourth-order valence-corrected chi connectivity index (χ4v) is 8.49. The van der Waals surface area contributed by atoms with Crippen molar-refractivity contribution >= 4 is 53.0 Å². The van der Waals surface area contributed by atoms with E-state index in [0.717, 1.165) is 59.1 Å². The van der Waals surface area contributed by atoms with E-state index < -0.39 is 18.1 Å². The molecule has 0 radical (unpaired) electrons. The number of nitrogens with one attached hydrogen (secondary N) is 4. The van der Waals surface area contributed by atoms with Gasteiger partial charge in [0.1, 0.15) is 17.1 Å². The topological polar surface area (TPSA) is 171 Å². The number of amides is 3. The monoisotopic (exact) mass is 792 g/mol. The summed E-state index contributed by atoms with van der Waals surface area (Å²) in [4.78, 5) is 54.9. The summed E-state index contributed by atoms with van der Waals surface area (Å²) in [6.45, 7) is 3.50. The number of pyridine rings is 1. The molecule has 0 aliphatic carbocycles. The predicted molar refractivity (Wildman–Crippen MR) is 226 cm³/mol. The zero-order valence-corrected chi connectivity index (χ0v) is 33.7. The van der Waals surface area contributed by atoms with Gasteiger partial charge >= 0.3 is 0 Å². The van der Waals surface area contributed by atoms with Crippen LogP contribution in [0.2, 0.25) is 0 Å². The fraction of sp³-hybridized carbons (Fsp3) is 0.349. The van der Waals surface area contributed by atoms with Crippen LogP contribution in [0, 0.1) is 6.92 Å². The maximum Gasteiger partial charge on any atom is 0.245 e. The van der Waals surface area contributed by atoms with Gasteiger partial charge in [-0.05, 0) is 110 Å². The lowest BCUT2D eigenvalue weighted by atomic mass is 9.97. The number of benzene rings is 3. The zero-order valence-electron chi connectivity index (χ0n) is 32.0. The number of rotatable bonds is 10. The first kappa shape index (κ1) is 41.0. The number of carbonyl (C=O) groups excluding carboxylic acids is 3. The molecule has 3 heterocycles. The van der Waals surface area contributed by atoms with Crippen molar-refractivity contribution < 1.29 is 14.4 Å². The van der Waals surface area contributed by atoms with Gasteiger partial charge in [0.15, 0.2) is 0 Å². The summed E-state index contributed by atoms with van der Waals surface area (Å²) in [5.41, 5.74) is 18.4. The summed E-state index contributed by atoms with van der Waals surface area (Å²) in [6, 6.07) is 21.5. The number of aryl methyl sites for hydroxylation is 1. The Balaban J connectivity index is 1.47. The fourth-order valence-electron chi connectivity index (χ4n) is 7.23. The average molecular weight is 793 g/mol. The zero-order chi connectivity index (χ0) is 39.6. The number of para-hydroxylation sites is 1. The van der Waals surface area contributed by atoms with Crippen LogP contribution in [0.4, 0.5) is 0 Å². The normalized spacial score (nSPS) is 18.6. The Morgan fingerprint density at radius 2 is 1.64 bits per heavy atom. The Bertz CT molecular complexity index is 2140. The molecule has 2 aromatic heterocycles. The van der Waals surface area contributed by atoms with E-state index in [4.69, 9.17) is 16.5 Å². The average Bonchev–Trinajstić information content (AvgIpc) is 3.62. The molecule has 0 spiro atoms. The van der Waals surface area contributed by atoms with Gasteiger partial charge in [0, 0.05) is 59.6 Å². The molecule has 3 aromatic carbocycles. The van der Waals surface area contributed by atoms with Crippen LogP contribution in [0.25, 0.3) is 22.0 Å². The first-order valence-corrected chi connectivity index (χ1v) is 20.5. The van der Waals surface area contributed by atoms with E-state index in [-0.39, 0.29) is 30.7 Å². The molecular formula is C43H52N8O3S2. The van der Waals surface area contributed by atoms with Crippen LogP contribution in [0.3, 0.4) is 0 Å². The quantitative estimate of drug-likeness (QED) is 0.0720. The van der Waals surface area contributed by atoms with Gasteiger partial charge in [-0.1, -0.05) is 60.3 Å². The van der Waals surface area contributed by atoms with Crippen molar-refractivity contribution in [3.8, 4) is 11.1 Å².